The standard InChI is InChI=1S/C21H25N3O3/c1-16-3-9-20(10-4-16)27-15-21(26)22-18-5-7-19(8-6-18)24-13-11-23(12-14-24)17(2)25/h3-10H,11-15H2,1-2H3,(H,22,26). The number of anilines is 2. The van der Waals surface area contributed by atoms with E-state index in [0.717, 1.165) is 43.1 Å². The van der Waals surface area contributed by atoms with E-state index in [1.54, 1.807) is 6.92 Å². The number of nitrogens with zero attached hydrogens (tertiary/aromatic N) is 2. The molecule has 6 nitrogen and oxygen atoms in total. The van der Waals surface area contributed by atoms with E-state index in [4.69, 9.17) is 4.74 Å². The molecular formula is C21H25N3O3. The van der Waals surface area contributed by atoms with Gasteiger partial charge in [-0.1, -0.05) is 17.7 Å². The van der Waals surface area contributed by atoms with Crippen LogP contribution in [0.2, 0.25) is 0 Å². The zero-order chi connectivity index (χ0) is 19.2. The number of hydrogen-bond donors (Lipinski definition) is 1. The molecular weight excluding hydrogens is 342 g/mol. The van der Waals surface area contributed by atoms with Crippen molar-refractivity contribution < 1.29 is 14.3 Å². The molecule has 2 aromatic rings. The van der Waals surface area contributed by atoms with Crippen molar-refractivity contribution in [3.63, 3.8) is 0 Å². The third-order valence-corrected chi connectivity index (χ3v) is 4.63. The fourth-order valence-corrected chi connectivity index (χ4v) is 3.02. The maximum Gasteiger partial charge on any atom is 0.262 e. The SMILES string of the molecule is CC(=O)N1CCN(c2ccc(NC(=O)COc3ccc(C)cc3)cc2)CC1. The molecule has 1 N–H and O–H groups in total. The van der Waals surface area contributed by atoms with Crippen molar-refractivity contribution in [2.75, 3.05) is 43.0 Å². The maximum absolute atomic E-state index is 12.1. The molecule has 2 aromatic carbocycles. The fourth-order valence-electron chi connectivity index (χ4n) is 3.02. The summed E-state index contributed by atoms with van der Waals surface area (Å²) in [5.41, 5.74) is 2.97. The van der Waals surface area contributed by atoms with E-state index in [9.17, 15) is 9.59 Å². The van der Waals surface area contributed by atoms with Gasteiger partial charge in [-0.2, -0.15) is 0 Å². The van der Waals surface area contributed by atoms with E-state index in [-0.39, 0.29) is 18.4 Å². The minimum atomic E-state index is -0.196. The van der Waals surface area contributed by atoms with Crippen molar-refractivity contribution in [1.82, 2.24) is 4.90 Å². The van der Waals surface area contributed by atoms with Gasteiger partial charge < -0.3 is 19.9 Å². The quantitative estimate of drug-likeness (QED) is 0.883. The molecule has 0 saturated carbocycles. The molecule has 1 saturated heterocycles. The Morgan fingerprint density at radius 3 is 2.19 bits per heavy atom. The Morgan fingerprint density at radius 1 is 0.963 bits per heavy atom. The first kappa shape index (κ1) is 18.8. The molecule has 27 heavy (non-hydrogen) atoms. The zero-order valence-electron chi connectivity index (χ0n) is 15.8. The van der Waals surface area contributed by atoms with E-state index >= 15 is 0 Å². The summed E-state index contributed by atoms with van der Waals surface area (Å²) in [6.45, 7) is 6.69. The average Bonchev–Trinajstić information content (AvgIpc) is 2.68. The van der Waals surface area contributed by atoms with Crippen LogP contribution in [-0.4, -0.2) is 49.5 Å². The number of piperazine rings is 1. The molecule has 0 aliphatic carbocycles. The van der Waals surface area contributed by atoms with Crippen LogP contribution in [0, 0.1) is 6.92 Å². The van der Waals surface area contributed by atoms with Gasteiger partial charge in [-0.3, -0.25) is 9.59 Å². The van der Waals surface area contributed by atoms with Crippen LogP contribution in [0.5, 0.6) is 5.75 Å². The van der Waals surface area contributed by atoms with Gasteiger partial charge in [0.05, 0.1) is 0 Å². The molecule has 1 aliphatic rings. The third kappa shape index (κ3) is 5.23. The second-order valence-electron chi connectivity index (χ2n) is 6.69. The number of rotatable bonds is 5. The molecule has 1 aliphatic heterocycles. The van der Waals surface area contributed by atoms with E-state index in [1.807, 2.05) is 60.4 Å². The minimum Gasteiger partial charge on any atom is -0.484 e. The Hall–Kier alpha value is -3.02. The number of carbonyl (C=O) groups excluding carboxylic acids is 2. The Morgan fingerprint density at radius 2 is 1.59 bits per heavy atom. The summed E-state index contributed by atoms with van der Waals surface area (Å²) < 4.78 is 5.49. The normalized spacial score (nSPS) is 14.0. The van der Waals surface area contributed by atoms with Gasteiger partial charge in [0.2, 0.25) is 5.91 Å². The molecule has 142 valence electrons. The van der Waals surface area contributed by atoms with Gasteiger partial charge in [0, 0.05) is 44.5 Å². The first-order valence-electron chi connectivity index (χ1n) is 9.11. The van der Waals surface area contributed by atoms with Crippen molar-refractivity contribution in [2.45, 2.75) is 13.8 Å². The lowest BCUT2D eigenvalue weighted by Crippen LogP contribution is -2.48. The Bertz CT molecular complexity index is 779. The fraction of sp³-hybridized carbons (Fsp3) is 0.333. The van der Waals surface area contributed by atoms with Crippen molar-refractivity contribution in [1.29, 1.82) is 0 Å². The number of ether oxygens (including phenoxy) is 1. The molecule has 2 amide bonds. The van der Waals surface area contributed by atoms with Crippen LogP contribution in [0.1, 0.15) is 12.5 Å². The summed E-state index contributed by atoms with van der Waals surface area (Å²) in [5, 5.41) is 2.84. The highest BCUT2D eigenvalue weighted by molar-refractivity contribution is 5.92. The molecule has 0 bridgehead atoms. The lowest BCUT2D eigenvalue weighted by Gasteiger charge is -2.35. The van der Waals surface area contributed by atoms with Gasteiger partial charge in [0.25, 0.3) is 5.91 Å². The van der Waals surface area contributed by atoms with Gasteiger partial charge >= 0.3 is 0 Å². The largest absolute Gasteiger partial charge is 0.484 e. The third-order valence-electron chi connectivity index (χ3n) is 4.63. The Kier molecular flexibility index (Phi) is 5.96. The van der Waals surface area contributed by atoms with Gasteiger partial charge in [0.15, 0.2) is 6.61 Å². The first-order valence-corrected chi connectivity index (χ1v) is 9.11. The lowest BCUT2D eigenvalue weighted by molar-refractivity contribution is -0.129. The Balaban J connectivity index is 1.48. The van der Waals surface area contributed by atoms with Crippen molar-refractivity contribution in [3.05, 3.63) is 54.1 Å². The molecule has 0 unspecified atom stereocenters. The monoisotopic (exact) mass is 367 g/mol. The predicted molar refractivity (Wildman–Crippen MR) is 106 cm³/mol. The highest BCUT2D eigenvalue weighted by Crippen LogP contribution is 2.20. The molecule has 1 fully saturated rings. The minimum absolute atomic E-state index is 0.0299. The van der Waals surface area contributed by atoms with Crippen LogP contribution in [0.4, 0.5) is 11.4 Å². The van der Waals surface area contributed by atoms with Crippen molar-refractivity contribution in [3.8, 4) is 5.75 Å². The van der Waals surface area contributed by atoms with Crippen LogP contribution >= 0.6 is 0 Å². The predicted octanol–water partition coefficient (Wildman–Crippen LogP) is 2.68. The molecule has 0 aromatic heterocycles. The van der Waals surface area contributed by atoms with Gasteiger partial charge in [-0.25, -0.2) is 0 Å². The van der Waals surface area contributed by atoms with Gasteiger partial charge in [0.1, 0.15) is 5.75 Å². The van der Waals surface area contributed by atoms with Crippen LogP contribution in [0.15, 0.2) is 48.5 Å². The number of nitrogens with one attached hydrogen (secondary N) is 1. The second kappa shape index (κ2) is 8.58. The summed E-state index contributed by atoms with van der Waals surface area (Å²) >= 11 is 0. The highest BCUT2D eigenvalue weighted by atomic mass is 16.5. The van der Waals surface area contributed by atoms with E-state index in [0.29, 0.717) is 5.75 Å². The number of amides is 2. The molecule has 0 spiro atoms. The van der Waals surface area contributed by atoms with Crippen molar-refractivity contribution in [2.24, 2.45) is 0 Å². The molecule has 0 atom stereocenters. The lowest BCUT2D eigenvalue weighted by atomic mass is 10.2. The summed E-state index contributed by atoms with van der Waals surface area (Å²) in [7, 11) is 0. The Labute approximate surface area is 159 Å². The first-order chi connectivity index (χ1) is 13.0. The number of benzene rings is 2. The van der Waals surface area contributed by atoms with E-state index < -0.39 is 0 Å². The van der Waals surface area contributed by atoms with E-state index in [2.05, 4.69) is 10.2 Å². The summed E-state index contributed by atoms with van der Waals surface area (Å²) in [6.07, 6.45) is 0. The number of aryl methyl sites for hydroxylation is 1. The van der Waals surface area contributed by atoms with Crippen molar-refractivity contribution >= 4 is 23.2 Å². The number of hydrogen-bond acceptors (Lipinski definition) is 4. The molecule has 0 radical (unpaired) electrons. The molecule has 6 heteroatoms. The summed E-state index contributed by atoms with van der Waals surface area (Å²) in [4.78, 5) is 27.6. The van der Waals surface area contributed by atoms with E-state index in [1.165, 1.54) is 0 Å². The average molecular weight is 367 g/mol. The molecule has 3 rings (SSSR count). The van der Waals surface area contributed by atoms with Gasteiger partial charge in [-0.15, -0.1) is 0 Å². The summed E-state index contributed by atoms with van der Waals surface area (Å²) in [6, 6.07) is 15.3. The zero-order valence-corrected chi connectivity index (χ0v) is 15.8. The summed E-state index contributed by atoms with van der Waals surface area (Å²) in [5.74, 6) is 0.606. The highest BCUT2D eigenvalue weighted by Gasteiger charge is 2.18. The molecule has 1 heterocycles. The van der Waals surface area contributed by atoms with Gasteiger partial charge in [-0.05, 0) is 43.3 Å². The van der Waals surface area contributed by atoms with Crippen LogP contribution in [0.25, 0.3) is 0 Å². The topological polar surface area (TPSA) is 61.9 Å². The second-order valence-corrected chi connectivity index (χ2v) is 6.69. The smallest absolute Gasteiger partial charge is 0.262 e. The van der Waals surface area contributed by atoms with Crippen LogP contribution in [-0.2, 0) is 9.59 Å². The maximum atomic E-state index is 12.1. The van der Waals surface area contributed by atoms with Crippen LogP contribution < -0.4 is 15.0 Å². The van der Waals surface area contributed by atoms with Crippen LogP contribution in [0.3, 0.4) is 0 Å². The number of carbonyl (C=O) groups is 2.